The first-order valence-electron chi connectivity index (χ1n) is 9.76. The van der Waals surface area contributed by atoms with Gasteiger partial charge in [0.15, 0.2) is 20.5 Å². The van der Waals surface area contributed by atoms with Crippen LogP contribution in [0.15, 0.2) is 134 Å². The van der Waals surface area contributed by atoms with E-state index < -0.39 is 0 Å². The standard InChI is InChI=1S/C27H25OS2/c1-4-9-25(10-5-2)30(26-11-7-6-8-12-26)27-19-17-24(18-20-27)29-23-15-13-22(14-16-23)21(3)28/h4-20H,1H2,2-3H3/q+1/b10-5-,25-9+. The van der Waals surface area contributed by atoms with Crippen LogP contribution in [0.2, 0.25) is 0 Å². The van der Waals surface area contributed by atoms with Crippen molar-refractivity contribution in [3.05, 3.63) is 120 Å². The maximum atomic E-state index is 11.5. The van der Waals surface area contributed by atoms with E-state index in [1.165, 1.54) is 19.6 Å². The zero-order valence-electron chi connectivity index (χ0n) is 17.2. The van der Waals surface area contributed by atoms with Gasteiger partial charge < -0.3 is 0 Å². The highest BCUT2D eigenvalue weighted by Gasteiger charge is 2.29. The first kappa shape index (κ1) is 21.9. The summed E-state index contributed by atoms with van der Waals surface area (Å²) in [6, 6.07) is 27.1. The third-order valence-corrected chi connectivity index (χ3v) is 7.63. The molecular formula is C27H25OS2+. The molecule has 0 aliphatic rings. The lowest BCUT2D eigenvalue weighted by Gasteiger charge is -2.09. The molecule has 0 amide bonds. The van der Waals surface area contributed by atoms with Crippen LogP contribution in [0.1, 0.15) is 24.2 Å². The van der Waals surface area contributed by atoms with Gasteiger partial charge in [-0.05, 0) is 74.5 Å². The third kappa shape index (κ3) is 5.65. The van der Waals surface area contributed by atoms with Crippen molar-refractivity contribution in [1.29, 1.82) is 0 Å². The molecule has 3 rings (SSSR count). The smallest absolute Gasteiger partial charge is 0.166 e. The molecule has 150 valence electrons. The molecule has 0 aromatic heterocycles. The molecule has 0 spiro atoms. The van der Waals surface area contributed by atoms with E-state index in [1.54, 1.807) is 18.7 Å². The zero-order chi connectivity index (χ0) is 21.3. The number of carbonyl (C=O) groups is 1. The lowest BCUT2D eigenvalue weighted by atomic mass is 10.2. The van der Waals surface area contributed by atoms with Crippen LogP contribution < -0.4 is 0 Å². The zero-order valence-corrected chi connectivity index (χ0v) is 18.9. The minimum Gasteiger partial charge on any atom is -0.295 e. The molecule has 0 N–H and O–H groups in total. The number of ketones is 1. The van der Waals surface area contributed by atoms with Gasteiger partial charge in [-0.25, -0.2) is 0 Å². The van der Waals surface area contributed by atoms with Gasteiger partial charge in [0.25, 0.3) is 0 Å². The van der Waals surface area contributed by atoms with Crippen molar-refractivity contribution in [2.75, 3.05) is 0 Å². The van der Waals surface area contributed by atoms with E-state index >= 15 is 0 Å². The molecular weight excluding hydrogens is 404 g/mol. The van der Waals surface area contributed by atoms with Gasteiger partial charge in [-0.3, -0.25) is 4.79 Å². The Kier molecular flexibility index (Phi) is 7.95. The summed E-state index contributed by atoms with van der Waals surface area (Å²) < 4.78 is 0. The fourth-order valence-corrected chi connectivity index (χ4v) is 5.95. The van der Waals surface area contributed by atoms with Gasteiger partial charge in [-0.2, -0.15) is 0 Å². The van der Waals surface area contributed by atoms with Gasteiger partial charge >= 0.3 is 0 Å². The normalized spacial score (nSPS) is 12.7. The van der Waals surface area contributed by atoms with Gasteiger partial charge in [0.2, 0.25) is 0 Å². The number of rotatable bonds is 8. The molecule has 0 heterocycles. The van der Waals surface area contributed by atoms with Crippen LogP contribution in [-0.4, -0.2) is 5.78 Å². The average molecular weight is 430 g/mol. The van der Waals surface area contributed by atoms with Crippen molar-refractivity contribution in [3.8, 4) is 0 Å². The summed E-state index contributed by atoms with van der Waals surface area (Å²) in [6.45, 7) is 7.53. The highest BCUT2D eigenvalue weighted by molar-refractivity contribution is 8.01. The van der Waals surface area contributed by atoms with Crippen molar-refractivity contribution < 1.29 is 4.79 Å². The molecule has 3 aromatic carbocycles. The lowest BCUT2D eigenvalue weighted by Crippen LogP contribution is -2.05. The van der Waals surface area contributed by atoms with Crippen molar-refractivity contribution in [3.63, 3.8) is 0 Å². The van der Waals surface area contributed by atoms with Crippen LogP contribution in [0.25, 0.3) is 0 Å². The number of hydrogen-bond donors (Lipinski definition) is 0. The summed E-state index contributed by atoms with van der Waals surface area (Å²) in [5.74, 6) is 0.0911. The Morgan fingerprint density at radius 1 is 0.867 bits per heavy atom. The maximum absolute atomic E-state index is 11.5. The molecule has 0 fully saturated rings. The summed E-state index contributed by atoms with van der Waals surface area (Å²) in [5.41, 5.74) is 0.743. The van der Waals surface area contributed by atoms with E-state index in [9.17, 15) is 4.79 Å². The summed E-state index contributed by atoms with van der Waals surface area (Å²) >= 11 is 1.70. The molecule has 1 atom stereocenters. The van der Waals surface area contributed by atoms with E-state index in [0.717, 1.165) is 10.5 Å². The molecule has 0 aliphatic carbocycles. The first-order valence-corrected chi connectivity index (χ1v) is 11.8. The fraction of sp³-hybridized carbons (Fsp3) is 0.0741. The van der Waals surface area contributed by atoms with Gasteiger partial charge in [-0.15, -0.1) is 0 Å². The van der Waals surface area contributed by atoms with Crippen LogP contribution in [0.4, 0.5) is 0 Å². The number of Topliss-reactive ketones (excluding diaryl/α,β-unsaturated/α-hetero) is 1. The van der Waals surface area contributed by atoms with Crippen molar-refractivity contribution >= 4 is 28.4 Å². The molecule has 0 bridgehead atoms. The van der Waals surface area contributed by atoms with E-state index in [2.05, 4.69) is 79.4 Å². The highest BCUT2D eigenvalue weighted by Crippen LogP contribution is 2.34. The Bertz CT molecular complexity index is 1050. The summed E-state index contributed by atoms with van der Waals surface area (Å²) in [6.07, 6.45) is 8.19. The van der Waals surface area contributed by atoms with Crippen molar-refractivity contribution in [2.45, 2.75) is 33.4 Å². The summed E-state index contributed by atoms with van der Waals surface area (Å²) in [4.78, 5) is 17.5. The largest absolute Gasteiger partial charge is 0.295 e. The van der Waals surface area contributed by atoms with E-state index in [4.69, 9.17) is 0 Å². The number of hydrogen-bond acceptors (Lipinski definition) is 2. The van der Waals surface area contributed by atoms with E-state index in [0.29, 0.717) is 0 Å². The predicted octanol–water partition coefficient (Wildman–Crippen LogP) is 7.72. The van der Waals surface area contributed by atoms with Crippen molar-refractivity contribution in [1.82, 2.24) is 0 Å². The molecule has 3 heteroatoms. The Labute approximate surface area is 186 Å². The predicted molar refractivity (Wildman–Crippen MR) is 130 cm³/mol. The van der Waals surface area contributed by atoms with Crippen LogP contribution in [-0.2, 0) is 10.9 Å². The number of allylic oxidation sites excluding steroid dienone is 4. The second-order valence-corrected chi connectivity index (χ2v) is 9.75. The minimum absolute atomic E-state index is 0.0911. The third-order valence-electron chi connectivity index (χ3n) is 4.38. The van der Waals surface area contributed by atoms with Crippen molar-refractivity contribution in [2.24, 2.45) is 0 Å². The number of benzene rings is 3. The van der Waals surface area contributed by atoms with Gasteiger partial charge in [0, 0.05) is 15.4 Å². The highest BCUT2D eigenvalue weighted by atomic mass is 32.2. The summed E-state index contributed by atoms with van der Waals surface area (Å²) in [7, 11) is -0.196. The fourth-order valence-electron chi connectivity index (χ4n) is 2.97. The van der Waals surface area contributed by atoms with Crippen LogP contribution >= 0.6 is 11.8 Å². The molecule has 30 heavy (non-hydrogen) atoms. The average Bonchev–Trinajstić information content (AvgIpc) is 2.77. The molecule has 0 aliphatic heterocycles. The Morgan fingerprint density at radius 2 is 1.43 bits per heavy atom. The monoisotopic (exact) mass is 429 g/mol. The topological polar surface area (TPSA) is 17.1 Å². The van der Waals surface area contributed by atoms with E-state index in [1.807, 2.05) is 37.3 Å². The first-order chi connectivity index (χ1) is 14.6. The summed E-state index contributed by atoms with van der Waals surface area (Å²) in [5, 5.41) is 0. The number of carbonyl (C=O) groups excluding carboxylic acids is 1. The molecule has 0 saturated carbocycles. The molecule has 1 nitrogen and oxygen atoms in total. The second-order valence-electron chi connectivity index (χ2n) is 6.58. The Morgan fingerprint density at radius 3 is 1.97 bits per heavy atom. The van der Waals surface area contributed by atoms with Gasteiger partial charge in [0.05, 0.1) is 10.9 Å². The van der Waals surface area contributed by atoms with E-state index in [-0.39, 0.29) is 16.7 Å². The molecule has 0 radical (unpaired) electrons. The Balaban J connectivity index is 1.89. The maximum Gasteiger partial charge on any atom is 0.166 e. The van der Waals surface area contributed by atoms with Crippen LogP contribution in [0.3, 0.4) is 0 Å². The lowest BCUT2D eigenvalue weighted by molar-refractivity contribution is 0.101. The molecule has 3 aromatic rings. The minimum atomic E-state index is -0.196. The van der Waals surface area contributed by atoms with Crippen LogP contribution in [0, 0.1) is 0 Å². The quantitative estimate of drug-likeness (QED) is 0.207. The molecule has 1 unspecified atom stereocenters. The van der Waals surface area contributed by atoms with Gasteiger partial charge in [-0.1, -0.05) is 60.8 Å². The Hall–Kier alpha value is -2.75. The second kappa shape index (κ2) is 10.9. The van der Waals surface area contributed by atoms with Gasteiger partial charge in [0.1, 0.15) is 0 Å². The van der Waals surface area contributed by atoms with Crippen LogP contribution in [0.5, 0.6) is 0 Å². The molecule has 0 saturated heterocycles. The SMILES string of the molecule is C=C/C=C(\C=C/C)[S+](c1ccccc1)c1ccc(Sc2ccc(C(C)=O)cc2)cc1.